The van der Waals surface area contributed by atoms with E-state index in [2.05, 4.69) is 6.92 Å². The minimum absolute atomic E-state index is 0.0700. The van der Waals surface area contributed by atoms with Gasteiger partial charge in [-0.05, 0) is 31.4 Å². The smallest absolute Gasteiger partial charge is 0.304 e. The maximum atomic E-state index is 11.0. The molecule has 0 aliphatic carbocycles. The summed E-state index contributed by atoms with van der Waals surface area (Å²) < 4.78 is 0. The molecule has 0 saturated carbocycles. The van der Waals surface area contributed by atoms with Crippen molar-refractivity contribution >= 4 is 5.97 Å². The molecule has 0 radical (unpaired) electrons. The number of nitrogens with two attached hydrogens (primary N) is 1. The van der Waals surface area contributed by atoms with Crippen molar-refractivity contribution < 1.29 is 9.90 Å². The Hall–Kier alpha value is -1.35. The molecule has 3 heteroatoms. The highest BCUT2D eigenvalue weighted by atomic mass is 16.4. The molecule has 0 spiro atoms. The first-order valence-corrected chi connectivity index (χ1v) is 5.94. The standard InChI is InChI=1S/C14H21NO2/c1-4-10-7-5-6-8-11(10)12(9-13(16)17)14(2,3)15/h5-8,12H,4,9,15H2,1-3H3,(H,16,17). The summed E-state index contributed by atoms with van der Waals surface area (Å²) in [6.45, 7) is 5.83. The molecule has 3 nitrogen and oxygen atoms in total. The fourth-order valence-corrected chi connectivity index (χ4v) is 2.14. The molecule has 1 rings (SSSR count). The number of carbonyl (C=O) groups is 1. The number of benzene rings is 1. The van der Waals surface area contributed by atoms with Crippen LogP contribution in [0.3, 0.4) is 0 Å². The largest absolute Gasteiger partial charge is 0.481 e. The highest BCUT2D eigenvalue weighted by Gasteiger charge is 2.30. The number of hydrogen-bond acceptors (Lipinski definition) is 2. The van der Waals surface area contributed by atoms with E-state index in [0.29, 0.717) is 0 Å². The second-order valence-electron chi connectivity index (χ2n) is 5.02. The van der Waals surface area contributed by atoms with E-state index in [9.17, 15) is 4.79 Å². The van der Waals surface area contributed by atoms with Crippen LogP contribution in [-0.4, -0.2) is 16.6 Å². The molecule has 3 N–H and O–H groups in total. The van der Waals surface area contributed by atoms with Crippen molar-refractivity contribution in [3.05, 3.63) is 35.4 Å². The zero-order valence-electron chi connectivity index (χ0n) is 10.7. The summed E-state index contributed by atoms with van der Waals surface area (Å²) in [6.07, 6.45) is 0.961. The van der Waals surface area contributed by atoms with Gasteiger partial charge < -0.3 is 10.8 Å². The molecule has 0 fully saturated rings. The highest BCUT2D eigenvalue weighted by Crippen LogP contribution is 2.32. The first kappa shape index (κ1) is 13.7. The molecule has 0 bridgehead atoms. The lowest BCUT2D eigenvalue weighted by Gasteiger charge is -2.31. The summed E-state index contributed by atoms with van der Waals surface area (Å²) in [5.41, 5.74) is 7.82. The Morgan fingerprint density at radius 1 is 1.41 bits per heavy atom. The average molecular weight is 235 g/mol. The number of aryl methyl sites for hydroxylation is 1. The molecular formula is C14H21NO2. The maximum absolute atomic E-state index is 11.0. The Bertz CT molecular complexity index is 393. The number of hydrogen-bond donors (Lipinski definition) is 2. The fourth-order valence-electron chi connectivity index (χ4n) is 2.14. The molecule has 94 valence electrons. The van der Waals surface area contributed by atoms with Crippen molar-refractivity contribution in [3.8, 4) is 0 Å². The molecule has 0 amide bonds. The molecular weight excluding hydrogens is 214 g/mol. The van der Waals surface area contributed by atoms with Crippen molar-refractivity contribution in [3.63, 3.8) is 0 Å². The third kappa shape index (κ3) is 3.56. The molecule has 17 heavy (non-hydrogen) atoms. The van der Waals surface area contributed by atoms with Gasteiger partial charge in [-0.3, -0.25) is 4.79 Å². The van der Waals surface area contributed by atoms with Gasteiger partial charge in [-0.25, -0.2) is 0 Å². The van der Waals surface area contributed by atoms with Crippen LogP contribution in [0.4, 0.5) is 0 Å². The van der Waals surface area contributed by atoms with Crippen molar-refractivity contribution in [1.82, 2.24) is 0 Å². The highest BCUT2D eigenvalue weighted by molar-refractivity contribution is 5.68. The molecule has 1 aromatic carbocycles. The van der Waals surface area contributed by atoms with Gasteiger partial charge in [-0.2, -0.15) is 0 Å². The van der Waals surface area contributed by atoms with Gasteiger partial charge in [0, 0.05) is 11.5 Å². The summed E-state index contributed by atoms with van der Waals surface area (Å²) in [4.78, 5) is 11.0. The number of rotatable bonds is 5. The van der Waals surface area contributed by atoms with Crippen LogP contribution >= 0.6 is 0 Å². The summed E-state index contributed by atoms with van der Waals surface area (Å²) in [7, 11) is 0. The number of carboxylic acid groups (broad SMARTS) is 1. The van der Waals surface area contributed by atoms with Crippen LogP contribution in [0, 0.1) is 0 Å². The first-order chi connectivity index (χ1) is 7.86. The summed E-state index contributed by atoms with van der Waals surface area (Å²) in [5, 5.41) is 9.02. The molecule has 0 aliphatic rings. The van der Waals surface area contributed by atoms with Crippen LogP contribution in [0.2, 0.25) is 0 Å². The van der Waals surface area contributed by atoms with Gasteiger partial charge in [0.2, 0.25) is 0 Å². The lowest BCUT2D eigenvalue weighted by atomic mass is 9.78. The Morgan fingerprint density at radius 2 is 2.00 bits per heavy atom. The second-order valence-corrected chi connectivity index (χ2v) is 5.02. The van der Waals surface area contributed by atoms with Crippen molar-refractivity contribution in [2.24, 2.45) is 5.73 Å². The zero-order chi connectivity index (χ0) is 13.1. The molecule has 0 heterocycles. The van der Waals surface area contributed by atoms with Gasteiger partial charge in [0.05, 0.1) is 6.42 Å². The van der Waals surface area contributed by atoms with Crippen LogP contribution < -0.4 is 5.73 Å². The molecule has 1 unspecified atom stereocenters. The van der Waals surface area contributed by atoms with Crippen LogP contribution in [0.1, 0.15) is 44.2 Å². The third-order valence-corrected chi connectivity index (χ3v) is 3.09. The topological polar surface area (TPSA) is 63.3 Å². The van der Waals surface area contributed by atoms with Crippen LogP contribution in [0.25, 0.3) is 0 Å². The average Bonchev–Trinajstić information content (AvgIpc) is 2.24. The van der Waals surface area contributed by atoms with Gasteiger partial charge >= 0.3 is 5.97 Å². The van der Waals surface area contributed by atoms with Crippen LogP contribution in [0.5, 0.6) is 0 Å². The number of carboxylic acids is 1. The molecule has 0 saturated heterocycles. The summed E-state index contributed by atoms with van der Waals surface area (Å²) in [5.74, 6) is -0.962. The van der Waals surface area contributed by atoms with E-state index < -0.39 is 11.5 Å². The van der Waals surface area contributed by atoms with Crippen molar-refractivity contribution in [2.75, 3.05) is 0 Å². The second kappa shape index (κ2) is 5.32. The van der Waals surface area contributed by atoms with Gasteiger partial charge in [-0.15, -0.1) is 0 Å². The Kier molecular flexibility index (Phi) is 4.29. The van der Waals surface area contributed by atoms with E-state index in [1.54, 1.807) is 0 Å². The minimum atomic E-state index is -0.806. The lowest BCUT2D eigenvalue weighted by Crippen LogP contribution is -2.40. The van der Waals surface area contributed by atoms with Crippen LogP contribution in [-0.2, 0) is 11.2 Å². The van der Waals surface area contributed by atoms with E-state index in [4.69, 9.17) is 10.8 Å². The normalized spacial score (nSPS) is 13.4. The summed E-state index contributed by atoms with van der Waals surface area (Å²) >= 11 is 0. The molecule has 0 aliphatic heterocycles. The van der Waals surface area contributed by atoms with Gasteiger partial charge in [-0.1, -0.05) is 31.2 Å². The first-order valence-electron chi connectivity index (χ1n) is 5.94. The molecule has 1 aromatic rings. The van der Waals surface area contributed by atoms with E-state index in [1.807, 2.05) is 38.1 Å². The zero-order valence-corrected chi connectivity index (χ0v) is 10.7. The lowest BCUT2D eigenvalue weighted by molar-refractivity contribution is -0.137. The van der Waals surface area contributed by atoms with Crippen molar-refractivity contribution in [1.29, 1.82) is 0 Å². The van der Waals surface area contributed by atoms with E-state index in [-0.39, 0.29) is 12.3 Å². The van der Waals surface area contributed by atoms with E-state index >= 15 is 0 Å². The Balaban J connectivity index is 3.17. The summed E-state index contributed by atoms with van der Waals surface area (Å²) in [6, 6.07) is 7.94. The monoisotopic (exact) mass is 235 g/mol. The van der Waals surface area contributed by atoms with Crippen molar-refractivity contribution in [2.45, 2.75) is 45.1 Å². The maximum Gasteiger partial charge on any atom is 0.304 e. The number of aliphatic carboxylic acids is 1. The SMILES string of the molecule is CCc1ccccc1C(CC(=O)O)C(C)(C)N. The van der Waals surface area contributed by atoms with Gasteiger partial charge in [0.1, 0.15) is 0 Å². The molecule has 0 aromatic heterocycles. The predicted octanol–water partition coefficient (Wildman–Crippen LogP) is 2.54. The quantitative estimate of drug-likeness (QED) is 0.824. The van der Waals surface area contributed by atoms with E-state index in [0.717, 1.165) is 12.0 Å². The molecule has 1 atom stereocenters. The van der Waals surface area contributed by atoms with Crippen LogP contribution in [0.15, 0.2) is 24.3 Å². The fraction of sp³-hybridized carbons (Fsp3) is 0.500. The van der Waals surface area contributed by atoms with Gasteiger partial charge in [0.15, 0.2) is 0 Å². The Morgan fingerprint density at radius 3 is 2.47 bits per heavy atom. The van der Waals surface area contributed by atoms with Gasteiger partial charge in [0.25, 0.3) is 0 Å². The predicted molar refractivity (Wildman–Crippen MR) is 69.1 cm³/mol. The van der Waals surface area contributed by atoms with E-state index in [1.165, 1.54) is 5.56 Å². The Labute approximate surface area is 103 Å². The minimum Gasteiger partial charge on any atom is -0.481 e. The third-order valence-electron chi connectivity index (χ3n) is 3.09.